The molecule has 2 fully saturated rings. The van der Waals surface area contributed by atoms with Crippen LogP contribution in [0.25, 0.3) is 0 Å². The minimum absolute atomic E-state index is 0.251. The summed E-state index contributed by atoms with van der Waals surface area (Å²) in [4.78, 5) is 12.3. The smallest absolute Gasteiger partial charge is 0.224 e. The lowest BCUT2D eigenvalue weighted by Gasteiger charge is -2.44. The number of carbonyl (C=O) groups is 1. The van der Waals surface area contributed by atoms with E-state index in [1.807, 2.05) is 0 Å². The Morgan fingerprint density at radius 1 is 1.24 bits per heavy atom. The zero-order valence-electron chi connectivity index (χ0n) is 13.3. The van der Waals surface area contributed by atoms with E-state index in [9.17, 15) is 4.79 Å². The standard InChI is InChI=1S/C18H30N2O/c21-17(13-15-7-3-1-4-8-15)20-16-9-12-19-18(14-16)10-5-2-6-11-18/h7,16,19H,1-6,8-14H2,(H,20,21). The third-order valence-corrected chi connectivity index (χ3v) is 5.58. The van der Waals surface area contributed by atoms with Crippen LogP contribution >= 0.6 is 0 Å². The van der Waals surface area contributed by atoms with Crippen LogP contribution in [0.1, 0.15) is 77.0 Å². The van der Waals surface area contributed by atoms with Crippen molar-refractivity contribution in [3.05, 3.63) is 11.6 Å². The van der Waals surface area contributed by atoms with Gasteiger partial charge in [0.25, 0.3) is 0 Å². The molecule has 2 N–H and O–H groups in total. The van der Waals surface area contributed by atoms with Crippen LogP contribution in [-0.2, 0) is 4.79 Å². The minimum atomic E-state index is 0.251. The molecule has 3 aliphatic rings. The highest BCUT2D eigenvalue weighted by atomic mass is 16.1. The van der Waals surface area contributed by atoms with Gasteiger partial charge in [0, 0.05) is 18.0 Å². The second-order valence-corrected chi connectivity index (χ2v) is 7.31. The van der Waals surface area contributed by atoms with Gasteiger partial charge in [0.2, 0.25) is 5.91 Å². The van der Waals surface area contributed by atoms with E-state index >= 15 is 0 Å². The first-order valence-corrected chi connectivity index (χ1v) is 8.98. The second-order valence-electron chi connectivity index (χ2n) is 7.31. The molecule has 0 aromatic heterocycles. The highest BCUT2D eigenvalue weighted by molar-refractivity contribution is 5.78. The number of hydrogen-bond donors (Lipinski definition) is 2. The summed E-state index contributed by atoms with van der Waals surface area (Å²) in [5.74, 6) is 0.251. The number of allylic oxidation sites excluding steroid dienone is 1. The Kier molecular flexibility index (Phi) is 4.99. The molecule has 0 bridgehead atoms. The molecule has 1 unspecified atom stereocenters. The molecular formula is C18H30N2O. The predicted molar refractivity (Wildman–Crippen MR) is 86.2 cm³/mol. The molecule has 1 heterocycles. The number of piperidine rings is 1. The normalized spacial score (nSPS) is 29.0. The van der Waals surface area contributed by atoms with Crippen LogP contribution in [0.4, 0.5) is 0 Å². The van der Waals surface area contributed by atoms with E-state index in [2.05, 4.69) is 16.7 Å². The van der Waals surface area contributed by atoms with Crippen LogP contribution in [0.3, 0.4) is 0 Å². The van der Waals surface area contributed by atoms with E-state index in [1.165, 1.54) is 56.9 Å². The summed E-state index contributed by atoms with van der Waals surface area (Å²) in [7, 11) is 0. The molecule has 3 nitrogen and oxygen atoms in total. The molecule has 0 aromatic rings. The van der Waals surface area contributed by atoms with Gasteiger partial charge >= 0.3 is 0 Å². The van der Waals surface area contributed by atoms with Gasteiger partial charge in [-0.2, -0.15) is 0 Å². The number of rotatable bonds is 3. The maximum absolute atomic E-state index is 12.3. The molecule has 1 saturated carbocycles. The van der Waals surface area contributed by atoms with Gasteiger partial charge in [-0.1, -0.05) is 30.9 Å². The molecule has 1 spiro atoms. The maximum atomic E-state index is 12.3. The van der Waals surface area contributed by atoms with Crippen molar-refractivity contribution in [3.8, 4) is 0 Å². The van der Waals surface area contributed by atoms with E-state index in [1.54, 1.807) is 0 Å². The highest BCUT2D eigenvalue weighted by Gasteiger charge is 2.37. The lowest BCUT2D eigenvalue weighted by atomic mass is 9.75. The number of hydrogen-bond acceptors (Lipinski definition) is 2. The maximum Gasteiger partial charge on any atom is 0.224 e. The first-order chi connectivity index (χ1) is 10.3. The summed E-state index contributed by atoms with van der Waals surface area (Å²) in [5, 5.41) is 7.07. The van der Waals surface area contributed by atoms with E-state index in [-0.39, 0.29) is 5.91 Å². The van der Waals surface area contributed by atoms with Crippen molar-refractivity contribution in [3.63, 3.8) is 0 Å². The molecule has 21 heavy (non-hydrogen) atoms. The second kappa shape index (κ2) is 6.95. The fraction of sp³-hybridized carbons (Fsp3) is 0.833. The third-order valence-electron chi connectivity index (χ3n) is 5.58. The third kappa shape index (κ3) is 4.09. The average Bonchev–Trinajstić information content (AvgIpc) is 2.49. The van der Waals surface area contributed by atoms with Crippen molar-refractivity contribution in [2.75, 3.05) is 6.54 Å². The van der Waals surface area contributed by atoms with E-state index in [4.69, 9.17) is 0 Å². The van der Waals surface area contributed by atoms with Crippen molar-refractivity contribution in [1.29, 1.82) is 0 Å². The highest BCUT2D eigenvalue weighted by Crippen LogP contribution is 2.34. The summed E-state index contributed by atoms with van der Waals surface area (Å²) in [5.41, 5.74) is 1.69. The molecule has 0 aromatic carbocycles. The van der Waals surface area contributed by atoms with Crippen LogP contribution in [0, 0.1) is 0 Å². The summed E-state index contributed by atoms with van der Waals surface area (Å²) in [6.07, 6.45) is 16.7. The van der Waals surface area contributed by atoms with Crippen molar-refractivity contribution in [1.82, 2.24) is 10.6 Å². The van der Waals surface area contributed by atoms with Crippen molar-refractivity contribution < 1.29 is 4.79 Å². The van der Waals surface area contributed by atoms with Crippen LogP contribution in [0.15, 0.2) is 11.6 Å². The first-order valence-electron chi connectivity index (χ1n) is 8.98. The van der Waals surface area contributed by atoms with Gasteiger partial charge in [0.15, 0.2) is 0 Å². The minimum Gasteiger partial charge on any atom is -0.353 e. The fourth-order valence-electron chi connectivity index (χ4n) is 4.44. The molecule has 2 aliphatic carbocycles. The molecule has 3 rings (SSSR count). The summed E-state index contributed by atoms with van der Waals surface area (Å²) in [6.45, 7) is 1.06. The van der Waals surface area contributed by atoms with E-state index in [0.29, 0.717) is 18.0 Å². The molecule has 1 atom stereocenters. The zero-order chi connectivity index (χ0) is 14.5. The molecule has 0 radical (unpaired) electrons. The Bertz CT molecular complexity index is 391. The monoisotopic (exact) mass is 290 g/mol. The lowest BCUT2D eigenvalue weighted by molar-refractivity contribution is -0.121. The summed E-state index contributed by atoms with van der Waals surface area (Å²) >= 11 is 0. The van der Waals surface area contributed by atoms with E-state index in [0.717, 1.165) is 25.8 Å². The summed E-state index contributed by atoms with van der Waals surface area (Å²) in [6, 6.07) is 0.390. The molecule has 1 saturated heterocycles. The number of amides is 1. The molecular weight excluding hydrogens is 260 g/mol. The molecule has 118 valence electrons. The van der Waals surface area contributed by atoms with Gasteiger partial charge in [0.1, 0.15) is 0 Å². The Labute approximate surface area is 128 Å². The van der Waals surface area contributed by atoms with E-state index < -0.39 is 0 Å². The molecule has 3 heteroatoms. The average molecular weight is 290 g/mol. The number of nitrogens with one attached hydrogen (secondary N) is 2. The SMILES string of the molecule is O=C(CC1=CCCCC1)NC1CCNC2(CCCCC2)C1. The van der Waals surface area contributed by atoms with Crippen molar-refractivity contribution in [2.45, 2.75) is 88.6 Å². The quantitative estimate of drug-likeness (QED) is 0.782. The van der Waals surface area contributed by atoms with Gasteiger partial charge < -0.3 is 10.6 Å². The fourth-order valence-corrected chi connectivity index (χ4v) is 4.44. The van der Waals surface area contributed by atoms with Crippen LogP contribution in [0.5, 0.6) is 0 Å². The van der Waals surface area contributed by atoms with Crippen LogP contribution in [0.2, 0.25) is 0 Å². The van der Waals surface area contributed by atoms with Gasteiger partial charge in [0.05, 0.1) is 0 Å². The lowest BCUT2D eigenvalue weighted by Crippen LogP contribution is -2.57. The largest absolute Gasteiger partial charge is 0.353 e. The summed E-state index contributed by atoms with van der Waals surface area (Å²) < 4.78 is 0. The van der Waals surface area contributed by atoms with Crippen molar-refractivity contribution in [2.24, 2.45) is 0 Å². The van der Waals surface area contributed by atoms with Gasteiger partial charge in [-0.25, -0.2) is 0 Å². The van der Waals surface area contributed by atoms with Gasteiger partial charge in [-0.05, 0) is 57.9 Å². The van der Waals surface area contributed by atoms with Gasteiger partial charge in [-0.15, -0.1) is 0 Å². The molecule has 1 amide bonds. The predicted octanol–water partition coefficient (Wildman–Crippen LogP) is 3.45. The Morgan fingerprint density at radius 3 is 2.86 bits per heavy atom. The Hall–Kier alpha value is -0.830. The van der Waals surface area contributed by atoms with Gasteiger partial charge in [-0.3, -0.25) is 4.79 Å². The molecule has 1 aliphatic heterocycles. The first kappa shape index (κ1) is 15.1. The Morgan fingerprint density at radius 2 is 2.10 bits per heavy atom. The number of carbonyl (C=O) groups excluding carboxylic acids is 1. The topological polar surface area (TPSA) is 41.1 Å². The van der Waals surface area contributed by atoms with Crippen LogP contribution < -0.4 is 10.6 Å². The Balaban J connectivity index is 1.49. The van der Waals surface area contributed by atoms with Crippen molar-refractivity contribution >= 4 is 5.91 Å². The van der Waals surface area contributed by atoms with Crippen LogP contribution in [-0.4, -0.2) is 24.0 Å². The zero-order valence-corrected chi connectivity index (χ0v) is 13.3.